The summed E-state index contributed by atoms with van der Waals surface area (Å²) in [6.45, 7) is 2.25. The van der Waals surface area contributed by atoms with Crippen molar-refractivity contribution in [3.63, 3.8) is 0 Å². The Morgan fingerprint density at radius 3 is 2.80 bits per heavy atom. The Bertz CT molecular complexity index is 540. The van der Waals surface area contributed by atoms with E-state index in [1.54, 1.807) is 10.9 Å². The van der Waals surface area contributed by atoms with Crippen LogP contribution in [0.4, 0.5) is 5.69 Å². The maximum atomic E-state index is 12.6. The molecule has 0 radical (unpaired) electrons. The lowest BCUT2D eigenvalue weighted by atomic mass is 9.85. The molecule has 1 atom stereocenters. The summed E-state index contributed by atoms with van der Waals surface area (Å²) in [6.07, 6.45) is 7.26. The number of hydrogen-bond acceptors (Lipinski definition) is 4. The van der Waals surface area contributed by atoms with Gasteiger partial charge in [-0.3, -0.25) is 4.79 Å². The Morgan fingerprint density at radius 1 is 1.35 bits per heavy atom. The lowest BCUT2D eigenvalue weighted by molar-refractivity contribution is 0.261. The largest absolute Gasteiger partial charge is 0.364 e. The molecule has 1 aliphatic carbocycles. The third-order valence-electron chi connectivity index (χ3n) is 4.40. The van der Waals surface area contributed by atoms with E-state index in [0.29, 0.717) is 29.7 Å². The summed E-state index contributed by atoms with van der Waals surface area (Å²) in [4.78, 5) is 14.6. The molecule has 0 bridgehead atoms. The maximum absolute atomic E-state index is 12.6. The van der Waals surface area contributed by atoms with Gasteiger partial charge in [0.15, 0.2) is 0 Å². The predicted molar refractivity (Wildman–Crippen MR) is 80.3 cm³/mol. The Hall–Kier alpha value is -1.07. The van der Waals surface area contributed by atoms with Crippen molar-refractivity contribution in [3.05, 3.63) is 21.6 Å². The minimum atomic E-state index is -0.0708. The van der Waals surface area contributed by atoms with E-state index in [-0.39, 0.29) is 11.6 Å². The van der Waals surface area contributed by atoms with Crippen molar-refractivity contribution in [1.29, 1.82) is 0 Å². The van der Waals surface area contributed by atoms with Gasteiger partial charge in [0.25, 0.3) is 5.56 Å². The molecule has 2 fully saturated rings. The first-order chi connectivity index (χ1) is 9.65. The second-order valence-electron chi connectivity index (χ2n) is 5.97. The van der Waals surface area contributed by atoms with E-state index in [4.69, 9.17) is 17.3 Å². The number of aromatic nitrogens is 2. The van der Waals surface area contributed by atoms with Crippen LogP contribution in [0.5, 0.6) is 0 Å². The zero-order valence-electron chi connectivity index (χ0n) is 11.6. The average molecular weight is 297 g/mol. The molecule has 110 valence electrons. The first kappa shape index (κ1) is 13.9. The highest BCUT2D eigenvalue weighted by Gasteiger charge is 2.24. The Kier molecular flexibility index (Phi) is 3.98. The van der Waals surface area contributed by atoms with Gasteiger partial charge in [-0.25, -0.2) is 4.68 Å². The minimum absolute atomic E-state index is 0.0708. The first-order valence-corrected chi connectivity index (χ1v) is 7.79. The summed E-state index contributed by atoms with van der Waals surface area (Å²) in [5, 5.41) is 4.63. The van der Waals surface area contributed by atoms with E-state index in [2.05, 4.69) is 5.10 Å². The van der Waals surface area contributed by atoms with E-state index in [9.17, 15) is 4.79 Å². The zero-order valence-corrected chi connectivity index (χ0v) is 12.4. The summed E-state index contributed by atoms with van der Waals surface area (Å²) in [5.74, 6) is 0.595. The van der Waals surface area contributed by atoms with Crippen LogP contribution in [-0.2, 0) is 6.54 Å². The summed E-state index contributed by atoms with van der Waals surface area (Å²) >= 11 is 6.21. The van der Waals surface area contributed by atoms with E-state index in [0.717, 1.165) is 19.4 Å². The SMILES string of the molecule is N[C@@H]1CCCN(c2c(Cl)cnn(CC3CCC3)c2=O)C1. The predicted octanol–water partition coefficient (Wildman–Crippen LogP) is 1.62. The first-order valence-electron chi connectivity index (χ1n) is 7.41. The van der Waals surface area contributed by atoms with E-state index in [1.165, 1.54) is 19.3 Å². The van der Waals surface area contributed by atoms with Gasteiger partial charge in [-0.15, -0.1) is 0 Å². The van der Waals surface area contributed by atoms with Gasteiger partial charge in [-0.1, -0.05) is 18.0 Å². The summed E-state index contributed by atoms with van der Waals surface area (Å²) in [5.41, 5.74) is 6.51. The second-order valence-corrected chi connectivity index (χ2v) is 6.38. The number of nitrogens with two attached hydrogens (primary N) is 1. The molecule has 1 aromatic heterocycles. The second kappa shape index (κ2) is 5.74. The number of rotatable bonds is 3. The lowest BCUT2D eigenvalue weighted by Crippen LogP contribution is -2.46. The van der Waals surface area contributed by atoms with Gasteiger partial charge >= 0.3 is 0 Å². The van der Waals surface area contributed by atoms with Crippen molar-refractivity contribution in [2.24, 2.45) is 11.7 Å². The molecule has 2 N–H and O–H groups in total. The van der Waals surface area contributed by atoms with Crippen LogP contribution in [0.1, 0.15) is 32.1 Å². The molecule has 0 amide bonds. The molecule has 1 saturated heterocycles. The molecule has 5 nitrogen and oxygen atoms in total. The van der Waals surface area contributed by atoms with Crippen LogP contribution >= 0.6 is 11.6 Å². The van der Waals surface area contributed by atoms with Crippen molar-refractivity contribution >= 4 is 17.3 Å². The molecule has 0 aromatic carbocycles. The molecule has 1 aliphatic heterocycles. The van der Waals surface area contributed by atoms with Crippen molar-refractivity contribution in [1.82, 2.24) is 9.78 Å². The van der Waals surface area contributed by atoms with Crippen LogP contribution in [0.15, 0.2) is 11.0 Å². The van der Waals surface area contributed by atoms with Gasteiger partial charge in [-0.05, 0) is 31.6 Å². The third-order valence-corrected chi connectivity index (χ3v) is 4.68. The highest BCUT2D eigenvalue weighted by Crippen LogP contribution is 2.28. The molecule has 3 rings (SSSR count). The van der Waals surface area contributed by atoms with E-state index >= 15 is 0 Å². The number of hydrogen-bond donors (Lipinski definition) is 1. The molecule has 0 spiro atoms. The number of nitrogens with zero attached hydrogens (tertiary/aromatic N) is 3. The van der Waals surface area contributed by atoms with Gasteiger partial charge in [0.2, 0.25) is 0 Å². The van der Waals surface area contributed by atoms with Gasteiger partial charge in [0.1, 0.15) is 5.69 Å². The molecule has 2 heterocycles. The highest BCUT2D eigenvalue weighted by molar-refractivity contribution is 6.33. The summed E-state index contributed by atoms with van der Waals surface area (Å²) in [7, 11) is 0. The van der Waals surface area contributed by atoms with Crippen molar-refractivity contribution in [2.75, 3.05) is 18.0 Å². The zero-order chi connectivity index (χ0) is 14.1. The van der Waals surface area contributed by atoms with Crippen molar-refractivity contribution in [2.45, 2.75) is 44.7 Å². The van der Waals surface area contributed by atoms with Gasteiger partial charge in [-0.2, -0.15) is 5.10 Å². The molecule has 0 unspecified atom stereocenters. The van der Waals surface area contributed by atoms with Crippen LogP contribution in [0, 0.1) is 5.92 Å². The Labute approximate surface area is 123 Å². The average Bonchev–Trinajstić information content (AvgIpc) is 2.36. The molecule has 20 heavy (non-hydrogen) atoms. The van der Waals surface area contributed by atoms with E-state index in [1.807, 2.05) is 4.90 Å². The summed E-state index contributed by atoms with van der Waals surface area (Å²) < 4.78 is 1.57. The van der Waals surface area contributed by atoms with Gasteiger partial charge in [0.05, 0.1) is 11.2 Å². The van der Waals surface area contributed by atoms with Crippen molar-refractivity contribution in [3.8, 4) is 0 Å². The van der Waals surface area contributed by atoms with Gasteiger partial charge in [0, 0.05) is 25.7 Å². The molecule has 1 saturated carbocycles. The normalized spacial score (nSPS) is 23.7. The third kappa shape index (κ3) is 2.69. The van der Waals surface area contributed by atoms with Crippen LogP contribution in [-0.4, -0.2) is 28.9 Å². The highest BCUT2D eigenvalue weighted by atomic mass is 35.5. The maximum Gasteiger partial charge on any atom is 0.291 e. The van der Waals surface area contributed by atoms with Crippen LogP contribution < -0.4 is 16.2 Å². The Morgan fingerprint density at radius 2 is 2.15 bits per heavy atom. The van der Waals surface area contributed by atoms with E-state index < -0.39 is 0 Å². The topological polar surface area (TPSA) is 64.2 Å². The van der Waals surface area contributed by atoms with Crippen LogP contribution in [0.25, 0.3) is 0 Å². The fourth-order valence-electron chi connectivity index (χ4n) is 3.01. The minimum Gasteiger partial charge on any atom is -0.364 e. The Balaban J connectivity index is 1.88. The molecular weight excluding hydrogens is 276 g/mol. The fourth-order valence-corrected chi connectivity index (χ4v) is 3.25. The fraction of sp³-hybridized carbons (Fsp3) is 0.714. The number of halogens is 1. The van der Waals surface area contributed by atoms with Crippen LogP contribution in [0.3, 0.4) is 0 Å². The molecule has 2 aliphatic rings. The van der Waals surface area contributed by atoms with Crippen LogP contribution in [0.2, 0.25) is 5.02 Å². The molecule has 1 aromatic rings. The van der Waals surface area contributed by atoms with Gasteiger partial charge < -0.3 is 10.6 Å². The lowest BCUT2D eigenvalue weighted by Gasteiger charge is -2.33. The quantitative estimate of drug-likeness (QED) is 0.921. The monoisotopic (exact) mass is 296 g/mol. The number of anilines is 1. The van der Waals surface area contributed by atoms with Crippen molar-refractivity contribution < 1.29 is 0 Å². The molecule has 6 heteroatoms. The number of piperidine rings is 1. The summed E-state index contributed by atoms with van der Waals surface area (Å²) in [6, 6.07) is 0.118. The standard InChI is InChI=1S/C14H21ClN4O/c15-12-7-17-19(8-10-3-1-4-10)14(20)13(12)18-6-2-5-11(16)9-18/h7,10-11H,1-6,8-9,16H2/t11-/m1/s1. The molecular formula is C14H21ClN4O. The smallest absolute Gasteiger partial charge is 0.291 e.